The fourth-order valence-electron chi connectivity index (χ4n) is 3.32. The molecule has 1 N–H and O–H groups in total. The minimum atomic E-state index is -0.335. The highest BCUT2D eigenvalue weighted by Crippen LogP contribution is 2.15. The van der Waals surface area contributed by atoms with Gasteiger partial charge in [0, 0.05) is 46.5 Å². The molecule has 0 aliphatic carbocycles. The molecule has 0 spiro atoms. The van der Waals surface area contributed by atoms with Crippen LogP contribution >= 0.6 is 0 Å². The zero-order valence-electron chi connectivity index (χ0n) is 15.3. The summed E-state index contributed by atoms with van der Waals surface area (Å²) in [7, 11) is 3.42. The third-order valence-corrected chi connectivity index (χ3v) is 4.81. The van der Waals surface area contributed by atoms with Crippen molar-refractivity contribution in [3.8, 4) is 0 Å². The maximum absolute atomic E-state index is 12.7. The van der Waals surface area contributed by atoms with Crippen molar-refractivity contribution in [3.05, 3.63) is 53.9 Å². The van der Waals surface area contributed by atoms with Crippen LogP contribution in [0.2, 0.25) is 0 Å². The van der Waals surface area contributed by atoms with E-state index in [1.54, 1.807) is 36.1 Å². The Morgan fingerprint density at radius 1 is 1.23 bits per heavy atom. The molecule has 3 rings (SSSR count). The molecule has 1 aromatic carbocycles. The molecule has 1 aliphatic rings. The molecular formula is C19H25N5O2. The van der Waals surface area contributed by atoms with Crippen LogP contribution in [0.1, 0.15) is 15.9 Å². The third kappa shape index (κ3) is 4.11. The highest BCUT2D eigenvalue weighted by atomic mass is 16.2. The number of hydrogen-bond acceptors (Lipinski definition) is 4. The summed E-state index contributed by atoms with van der Waals surface area (Å²) < 4.78 is 1.61. The molecule has 2 heterocycles. The topological polar surface area (TPSA) is 70.5 Å². The van der Waals surface area contributed by atoms with Crippen molar-refractivity contribution in [2.24, 2.45) is 7.05 Å². The predicted octanol–water partition coefficient (Wildman–Crippen LogP) is 0.535. The van der Waals surface area contributed by atoms with Crippen molar-refractivity contribution >= 4 is 11.8 Å². The highest BCUT2D eigenvalue weighted by Gasteiger charge is 2.34. The molecule has 138 valence electrons. The molecule has 26 heavy (non-hydrogen) atoms. The molecule has 1 aromatic heterocycles. The Morgan fingerprint density at radius 2 is 2.00 bits per heavy atom. The van der Waals surface area contributed by atoms with E-state index in [0.717, 1.165) is 13.0 Å². The van der Waals surface area contributed by atoms with E-state index >= 15 is 0 Å². The van der Waals surface area contributed by atoms with Gasteiger partial charge in [0.1, 0.15) is 6.04 Å². The van der Waals surface area contributed by atoms with Crippen LogP contribution in [-0.2, 0) is 18.3 Å². The molecule has 2 amide bonds. The zero-order chi connectivity index (χ0) is 18.5. The lowest BCUT2D eigenvalue weighted by atomic mass is 10.1. The van der Waals surface area contributed by atoms with Crippen LogP contribution in [0.5, 0.6) is 0 Å². The van der Waals surface area contributed by atoms with Gasteiger partial charge in [0.2, 0.25) is 5.91 Å². The number of carbonyl (C=O) groups excluding carboxylic acids is 2. The highest BCUT2D eigenvalue weighted by molar-refractivity contribution is 5.94. The van der Waals surface area contributed by atoms with Crippen LogP contribution in [0, 0.1) is 0 Å². The summed E-state index contributed by atoms with van der Waals surface area (Å²) in [5.74, 6) is -0.128. The van der Waals surface area contributed by atoms with Crippen LogP contribution < -0.4 is 5.32 Å². The standard InChI is InChI=1S/C19H25N5O2/c1-20-18(25)17-14-24(19(26)16-12-21-22(2)13-16)11-10-23(17)9-8-15-6-4-3-5-7-15/h3-7,12-13,17H,8-11,14H2,1-2H3,(H,20,25)/t17-/m0/s1. The number of carbonyl (C=O) groups is 2. The van der Waals surface area contributed by atoms with E-state index in [1.165, 1.54) is 5.56 Å². The molecule has 7 nitrogen and oxygen atoms in total. The molecule has 1 aliphatic heterocycles. The van der Waals surface area contributed by atoms with E-state index in [4.69, 9.17) is 0 Å². The Balaban J connectivity index is 1.67. The molecular weight excluding hydrogens is 330 g/mol. The van der Waals surface area contributed by atoms with Gasteiger partial charge in [-0.1, -0.05) is 30.3 Å². The second-order valence-corrected chi connectivity index (χ2v) is 6.56. The number of aromatic nitrogens is 2. The largest absolute Gasteiger partial charge is 0.358 e. The Labute approximate surface area is 153 Å². The lowest BCUT2D eigenvalue weighted by Crippen LogP contribution is -2.60. The van der Waals surface area contributed by atoms with Crippen LogP contribution in [0.3, 0.4) is 0 Å². The van der Waals surface area contributed by atoms with Crippen molar-refractivity contribution in [2.45, 2.75) is 12.5 Å². The number of nitrogens with zero attached hydrogens (tertiary/aromatic N) is 4. The first-order valence-corrected chi connectivity index (χ1v) is 8.86. The Hall–Kier alpha value is -2.67. The molecule has 1 saturated heterocycles. The van der Waals surface area contributed by atoms with Crippen molar-refractivity contribution in [1.29, 1.82) is 0 Å². The summed E-state index contributed by atoms with van der Waals surface area (Å²) >= 11 is 0. The summed E-state index contributed by atoms with van der Waals surface area (Å²) in [5, 5.41) is 6.79. The van der Waals surface area contributed by atoms with Gasteiger partial charge in [0.15, 0.2) is 0 Å². The molecule has 0 saturated carbocycles. The van der Waals surface area contributed by atoms with Crippen LogP contribution in [0.25, 0.3) is 0 Å². The average molecular weight is 355 g/mol. The number of benzene rings is 1. The summed E-state index contributed by atoms with van der Waals surface area (Å²) in [6.45, 7) is 2.46. The first-order valence-electron chi connectivity index (χ1n) is 8.86. The first-order chi connectivity index (χ1) is 12.6. The van der Waals surface area contributed by atoms with Gasteiger partial charge >= 0.3 is 0 Å². The smallest absolute Gasteiger partial charge is 0.257 e. The summed E-state index contributed by atoms with van der Waals surface area (Å²) in [6.07, 6.45) is 4.16. The third-order valence-electron chi connectivity index (χ3n) is 4.81. The maximum atomic E-state index is 12.7. The number of hydrogen-bond donors (Lipinski definition) is 1. The summed E-state index contributed by atoms with van der Waals surface area (Å²) in [6, 6.07) is 9.90. The minimum Gasteiger partial charge on any atom is -0.358 e. The van der Waals surface area contributed by atoms with Crippen molar-refractivity contribution in [1.82, 2.24) is 24.9 Å². The number of piperazine rings is 1. The number of amides is 2. The van der Waals surface area contributed by atoms with Gasteiger partial charge < -0.3 is 10.2 Å². The molecule has 0 radical (unpaired) electrons. The number of aryl methyl sites for hydroxylation is 1. The van der Waals surface area contributed by atoms with Crippen molar-refractivity contribution in [3.63, 3.8) is 0 Å². The van der Waals surface area contributed by atoms with E-state index in [1.807, 2.05) is 18.2 Å². The van der Waals surface area contributed by atoms with E-state index in [9.17, 15) is 9.59 Å². The second-order valence-electron chi connectivity index (χ2n) is 6.56. The minimum absolute atomic E-state index is 0.0539. The molecule has 2 aromatic rings. The van der Waals surface area contributed by atoms with Crippen molar-refractivity contribution < 1.29 is 9.59 Å². The Bertz CT molecular complexity index is 758. The van der Waals surface area contributed by atoms with Gasteiger partial charge in [-0.05, 0) is 12.0 Å². The van der Waals surface area contributed by atoms with Crippen molar-refractivity contribution in [2.75, 3.05) is 33.2 Å². The molecule has 1 atom stereocenters. The lowest BCUT2D eigenvalue weighted by Gasteiger charge is -2.40. The van der Waals surface area contributed by atoms with Crippen LogP contribution in [0.15, 0.2) is 42.7 Å². The maximum Gasteiger partial charge on any atom is 0.257 e. The fourth-order valence-corrected chi connectivity index (χ4v) is 3.32. The second kappa shape index (κ2) is 8.14. The van der Waals surface area contributed by atoms with Gasteiger partial charge in [-0.2, -0.15) is 5.10 Å². The Kier molecular flexibility index (Phi) is 5.68. The lowest BCUT2D eigenvalue weighted by molar-refractivity contribution is -0.127. The normalized spacial score (nSPS) is 17.9. The number of likely N-dealkylation sites (N-methyl/N-ethyl adjacent to an activating group) is 1. The van der Waals surface area contributed by atoms with Gasteiger partial charge in [-0.25, -0.2) is 0 Å². The number of nitrogens with one attached hydrogen (secondary N) is 1. The van der Waals surface area contributed by atoms with E-state index < -0.39 is 0 Å². The number of rotatable bonds is 5. The average Bonchev–Trinajstić information content (AvgIpc) is 3.12. The van der Waals surface area contributed by atoms with Gasteiger partial charge in [-0.15, -0.1) is 0 Å². The van der Waals surface area contributed by atoms with E-state index in [0.29, 0.717) is 25.2 Å². The first kappa shape index (κ1) is 18.1. The van der Waals surface area contributed by atoms with Gasteiger partial charge in [0.25, 0.3) is 5.91 Å². The van der Waals surface area contributed by atoms with E-state index in [-0.39, 0.29) is 17.9 Å². The van der Waals surface area contributed by atoms with Gasteiger partial charge in [-0.3, -0.25) is 19.2 Å². The molecule has 7 heteroatoms. The fraction of sp³-hybridized carbons (Fsp3) is 0.421. The monoisotopic (exact) mass is 355 g/mol. The molecule has 0 bridgehead atoms. The summed E-state index contributed by atoms with van der Waals surface area (Å²) in [5.41, 5.74) is 1.80. The van der Waals surface area contributed by atoms with Crippen LogP contribution in [-0.4, -0.2) is 70.7 Å². The van der Waals surface area contributed by atoms with Gasteiger partial charge in [0.05, 0.1) is 11.8 Å². The molecule has 0 unspecified atom stereocenters. The molecule has 1 fully saturated rings. The SMILES string of the molecule is CNC(=O)[C@@H]1CN(C(=O)c2cnn(C)c2)CCN1CCc1ccccc1. The quantitative estimate of drug-likeness (QED) is 0.850. The van der Waals surface area contributed by atoms with Crippen LogP contribution in [0.4, 0.5) is 0 Å². The predicted molar refractivity (Wildman–Crippen MR) is 98.7 cm³/mol. The summed E-state index contributed by atoms with van der Waals surface area (Å²) in [4.78, 5) is 29.0. The zero-order valence-corrected chi connectivity index (χ0v) is 15.3. The Morgan fingerprint density at radius 3 is 2.65 bits per heavy atom. The van der Waals surface area contributed by atoms with E-state index in [2.05, 4.69) is 27.4 Å².